The number of hydrogen-bond acceptors (Lipinski definition) is 6. The molecule has 4 rings (SSSR count). The minimum Gasteiger partial charge on any atom is -0.296 e. The first-order valence-corrected chi connectivity index (χ1v) is 11.8. The highest BCUT2D eigenvalue weighted by Gasteiger charge is 2.35. The second-order valence-corrected chi connectivity index (χ2v) is 9.85. The summed E-state index contributed by atoms with van der Waals surface area (Å²) in [6.45, 7) is 4.50. The highest BCUT2D eigenvalue weighted by molar-refractivity contribution is 7.12. The van der Waals surface area contributed by atoms with Crippen molar-refractivity contribution in [2.24, 2.45) is 0 Å². The Morgan fingerprint density at radius 2 is 2.03 bits per heavy atom. The van der Waals surface area contributed by atoms with E-state index in [4.69, 9.17) is 11.6 Å². The van der Waals surface area contributed by atoms with Gasteiger partial charge in [-0.1, -0.05) is 11.6 Å². The molecule has 1 fully saturated rings. The van der Waals surface area contributed by atoms with Gasteiger partial charge in [0.05, 0.1) is 30.1 Å². The van der Waals surface area contributed by atoms with E-state index in [1.54, 1.807) is 0 Å². The summed E-state index contributed by atoms with van der Waals surface area (Å²) >= 11 is 6.96. The summed E-state index contributed by atoms with van der Waals surface area (Å²) in [6.07, 6.45) is -0.247. The molecule has 0 saturated carbocycles. The number of halogens is 5. The minimum atomic E-state index is -4.70. The standard InChI is InChI=1S/C23H21ClF4N4OS/c1-12-4-3-5-32(12)11-19-22(14-6-15(23(26,27)28)13(2)16(25)7-14)31-21(34-19)8-18(33)17-9-30-20(24)10-29-17/h6-7,9-10,12H,3-5,8,11H2,1-2H3/t12-/m1/s1. The van der Waals surface area contributed by atoms with E-state index in [-0.39, 0.29) is 34.3 Å². The maximum atomic E-state index is 14.5. The molecule has 180 valence electrons. The third kappa shape index (κ3) is 5.29. The van der Waals surface area contributed by atoms with Crippen LogP contribution in [0.4, 0.5) is 17.6 Å². The lowest BCUT2D eigenvalue weighted by Gasteiger charge is -2.20. The Hall–Kier alpha value is -2.43. The van der Waals surface area contributed by atoms with Gasteiger partial charge in [0.1, 0.15) is 21.7 Å². The molecule has 1 atom stereocenters. The Morgan fingerprint density at radius 1 is 1.26 bits per heavy atom. The van der Waals surface area contributed by atoms with Crippen LogP contribution in [-0.2, 0) is 19.1 Å². The summed E-state index contributed by atoms with van der Waals surface area (Å²) < 4.78 is 55.1. The Bertz CT molecular complexity index is 1210. The number of carbonyl (C=O) groups excluding carboxylic acids is 1. The third-order valence-corrected chi connectivity index (χ3v) is 7.16. The highest BCUT2D eigenvalue weighted by Crippen LogP contribution is 2.38. The zero-order valence-corrected chi connectivity index (χ0v) is 20.0. The van der Waals surface area contributed by atoms with Crippen molar-refractivity contribution in [3.8, 4) is 11.3 Å². The van der Waals surface area contributed by atoms with Gasteiger partial charge in [-0.15, -0.1) is 11.3 Å². The maximum Gasteiger partial charge on any atom is 0.416 e. The third-order valence-electron chi connectivity index (χ3n) is 5.92. The van der Waals surface area contributed by atoms with Crippen molar-refractivity contribution in [3.63, 3.8) is 0 Å². The molecule has 34 heavy (non-hydrogen) atoms. The molecule has 2 aromatic heterocycles. The highest BCUT2D eigenvalue weighted by atomic mass is 35.5. The van der Waals surface area contributed by atoms with Crippen molar-refractivity contribution in [1.29, 1.82) is 0 Å². The molecule has 0 N–H and O–H groups in total. The molecular weight excluding hydrogens is 492 g/mol. The van der Waals surface area contributed by atoms with E-state index in [1.165, 1.54) is 23.7 Å². The Labute approximate surface area is 202 Å². The lowest BCUT2D eigenvalue weighted by Crippen LogP contribution is -2.25. The van der Waals surface area contributed by atoms with Crippen molar-refractivity contribution in [2.75, 3.05) is 6.54 Å². The topological polar surface area (TPSA) is 59.0 Å². The molecular formula is C23H21ClF4N4OS. The Morgan fingerprint density at radius 3 is 2.65 bits per heavy atom. The first kappa shape index (κ1) is 24.7. The number of ketones is 1. The van der Waals surface area contributed by atoms with Crippen LogP contribution in [0.5, 0.6) is 0 Å². The molecule has 11 heteroatoms. The quantitative estimate of drug-likeness (QED) is 0.294. The van der Waals surface area contributed by atoms with Gasteiger partial charge in [-0.05, 0) is 50.9 Å². The number of likely N-dealkylation sites (tertiary alicyclic amines) is 1. The van der Waals surface area contributed by atoms with Crippen molar-refractivity contribution in [1.82, 2.24) is 19.9 Å². The van der Waals surface area contributed by atoms with Crippen LogP contribution in [0, 0.1) is 12.7 Å². The maximum absolute atomic E-state index is 14.5. The van der Waals surface area contributed by atoms with Gasteiger partial charge in [-0.25, -0.2) is 19.3 Å². The van der Waals surface area contributed by atoms with Gasteiger partial charge in [0, 0.05) is 23.0 Å². The monoisotopic (exact) mass is 512 g/mol. The first-order valence-electron chi connectivity index (χ1n) is 10.6. The van der Waals surface area contributed by atoms with Gasteiger partial charge in [-0.2, -0.15) is 13.2 Å². The predicted molar refractivity (Wildman–Crippen MR) is 121 cm³/mol. The summed E-state index contributed by atoms with van der Waals surface area (Å²) in [5, 5.41) is 0.560. The van der Waals surface area contributed by atoms with Crippen molar-refractivity contribution >= 4 is 28.7 Å². The number of alkyl halides is 3. The number of hydrogen-bond donors (Lipinski definition) is 0. The number of aromatic nitrogens is 3. The predicted octanol–water partition coefficient (Wildman–Crippen LogP) is 6.13. The van der Waals surface area contributed by atoms with Crippen LogP contribution in [-0.4, -0.2) is 38.2 Å². The molecule has 0 spiro atoms. The van der Waals surface area contributed by atoms with E-state index >= 15 is 0 Å². The Kier molecular flexibility index (Phi) is 7.02. The molecule has 0 aliphatic carbocycles. The number of rotatable bonds is 6. The average molecular weight is 513 g/mol. The summed E-state index contributed by atoms with van der Waals surface area (Å²) in [6, 6.07) is 2.32. The van der Waals surface area contributed by atoms with Gasteiger partial charge < -0.3 is 0 Å². The zero-order chi connectivity index (χ0) is 24.6. The first-order chi connectivity index (χ1) is 16.0. The molecule has 1 aliphatic rings. The zero-order valence-electron chi connectivity index (χ0n) is 18.4. The molecule has 1 aromatic carbocycles. The number of Topliss-reactive ketones (excluding diaryl/α,β-unsaturated/α-hetero) is 1. The molecule has 5 nitrogen and oxygen atoms in total. The number of nitrogens with zero attached hydrogens (tertiary/aromatic N) is 4. The SMILES string of the molecule is Cc1c(F)cc(-c2nc(CC(=O)c3cnc(Cl)cn3)sc2CN2CCC[C@H]2C)cc1C(F)(F)F. The lowest BCUT2D eigenvalue weighted by molar-refractivity contribution is -0.138. The van der Waals surface area contributed by atoms with Crippen molar-refractivity contribution < 1.29 is 22.4 Å². The smallest absolute Gasteiger partial charge is 0.296 e. The fraction of sp³-hybridized carbons (Fsp3) is 0.391. The number of benzene rings is 1. The van der Waals surface area contributed by atoms with Gasteiger partial charge in [0.2, 0.25) is 0 Å². The summed E-state index contributed by atoms with van der Waals surface area (Å²) in [4.78, 5) is 27.9. The molecule has 1 aliphatic heterocycles. The fourth-order valence-corrected chi connectivity index (χ4v) is 5.23. The molecule has 0 radical (unpaired) electrons. The van der Waals surface area contributed by atoms with Crippen molar-refractivity contribution in [3.05, 3.63) is 62.2 Å². The molecule has 3 aromatic rings. The van der Waals surface area contributed by atoms with Crippen LogP contribution in [0.1, 0.15) is 51.3 Å². The second kappa shape index (κ2) is 9.67. The average Bonchev–Trinajstić information content (AvgIpc) is 3.35. The fourth-order valence-electron chi connectivity index (χ4n) is 4.02. The van der Waals surface area contributed by atoms with Crippen LogP contribution in [0.25, 0.3) is 11.3 Å². The molecule has 0 amide bonds. The van der Waals surface area contributed by atoms with E-state index in [9.17, 15) is 22.4 Å². The normalized spacial score (nSPS) is 16.9. The van der Waals surface area contributed by atoms with E-state index in [0.29, 0.717) is 22.5 Å². The van der Waals surface area contributed by atoms with Gasteiger partial charge in [0.25, 0.3) is 0 Å². The van der Waals surface area contributed by atoms with Crippen LogP contribution in [0.15, 0.2) is 24.5 Å². The minimum absolute atomic E-state index is 0.0403. The van der Waals surface area contributed by atoms with Crippen LogP contribution >= 0.6 is 22.9 Å². The van der Waals surface area contributed by atoms with Crippen LogP contribution in [0.3, 0.4) is 0 Å². The lowest BCUT2D eigenvalue weighted by atomic mass is 10.0. The van der Waals surface area contributed by atoms with Crippen LogP contribution < -0.4 is 0 Å². The molecule has 0 bridgehead atoms. The van der Waals surface area contributed by atoms with Gasteiger partial charge >= 0.3 is 6.18 Å². The second-order valence-electron chi connectivity index (χ2n) is 8.29. The van der Waals surface area contributed by atoms with Gasteiger partial charge in [-0.3, -0.25) is 9.69 Å². The molecule has 0 unspecified atom stereocenters. The van der Waals surface area contributed by atoms with E-state index in [0.717, 1.165) is 38.4 Å². The van der Waals surface area contributed by atoms with E-state index in [2.05, 4.69) is 26.8 Å². The van der Waals surface area contributed by atoms with Crippen LogP contribution in [0.2, 0.25) is 5.15 Å². The summed E-state index contributed by atoms with van der Waals surface area (Å²) in [7, 11) is 0. The Balaban J connectivity index is 1.73. The van der Waals surface area contributed by atoms with E-state index in [1.807, 2.05) is 0 Å². The summed E-state index contributed by atoms with van der Waals surface area (Å²) in [5.41, 5.74) is -1.09. The molecule has 1 saturated heterocycles. The largest absolute Gasteiger partial charge is 0.416 e. The van der Waals surface area contributed by atoms with Gasteiger partial charge in [0.15, 0.2) is 5.78 Å². The van der Waals surface area contributed by atoms with Crippen molar-refractivity contribution in [2.45, 2.75) is 51.9 Å². The number of carbonyl (C=O) groups is 1. The molecule has 3 heterocycles. The summed E-state index contributed by atoms with van der Waals surface area (Å²) in [5.74, 6) is -1.30. The number of thiazole rings is 1. The van der Waals surface area contributed by atoms with E-state index < -0.39 is 23.1 Å².